The third-order valence-electron chi connectivity index (χ3n) is 9.68. The number of carbonyl (C=O) groups is 2. The van der Waals surface area contributed by atoms with Crippen molar-refractivity contribution in [3.8, 4) is 0 Å². The maximum Gasteiger partial charge on any atom is 0.179 e. The van der Waals surface area contributed by atoms with Crippen LogP contribution < -0.4 is 0 Å². The van der Waals surface area contributed by atoms with E-state index in [1.165, 1.54) is 0 Å². The van der Waals surface area contributed by atoms with E-state index in [-0.39, 0.29) is 35.8 Å². The number of carbonyl (C=O) groups excluding carboxylic acids is 2. The molecule has 2 N–H and O–H groups in total. The Kier molecular flexibility index (Phi) is 4.62. The van der Waals surface area contributed by atoms with Gasteiger partial charge in [-0.05, 0) is 55.8 Å². The minimum Gasteiger partial charge on any atom is -0.390 e. The lowest BCUT2D eigenvalue weighted by Crippen LogP contribution is -2.71. The van der Waals surface area contributed by atoms with Gasteiger partial charge in [0.15, 0.2) is 5.78 Å². The first kappa shape index (κ1) is 20.7. The zero-order chi connectivity index (χ0) is 20.7. The van der Waals surface area contributed by atoms with Gasteiger partial charge in [-0.15, -0.1) is 11.6 Å². The molecule has 0 aromatic heterocycles. The highest BCUT2D eigenvalue weighted by molar-refractivity contribution is 6.29. The highest BCUT2D eigenvalue weighted by Gasteiger charge is 2.76. The van der Waals surface area contributed by atoms with Crippen molar-refractivity contribution >= 4 is 23.2 Å². The molecule has 0 saturated heterocycles. The topological polar surface area (TPSA) is 74.6 Å². The SMILES string of the molecule is CC1C[C@H]2[C@@H]3CCC4CC(=O)CC[C@]4(C)[C@@]3(F)C(O)C[C@]2(C)[C@@]1(O)C(=O)CCl. The molecule has 6 heteroatoms. The van der Waals surface area contributed by atoms with Crippen LogP contribution in [0.4, 0.5) is 4.39 Å². The predicted octanol–water partition coefficient (Wildman–Crippen LogP) is 3.45. The number of hydrogen-bond acceptors (Lipinski definition) is 4. The summed E-state index contributed by atoms with van der Waals surface area (Å²) in [5, 5.41) is 22.7. The highest BCUT2D eigenvalue weighted by atomic mass is 35.5. The molecular formula is C22H32ClFO4. The smallest absolute Gasteiger partial charge is 0.179 e. The average Bonchev–Trinajstić information content (AvgIpc) is 2.84. The van der Waals surface area contributed by atoms with E-state index in [2.05, 4.69) is 0 Å². The Bertz CT molecular complexity index is 715. The fourth-order valence-corrected chi connectivity index (χ4v) is 8.29. The third kappa shape index (κ3) is 2.19. The maximum absolute atomic E-state index is 17.0. The third-order valence-corrected chi connectivity index (χ3v) is 9.93. The lowest BCUT2D eigenvalue weighted by Gasteiger charge is -2.65. The summed E-state index contributed by atoms with van der Waals surface area (Å²) in [5.74, 6) is -1.51. The summed E-state index contributed by atoms with van der Waals surface area (Å²) in [4.78, 5) is 24.7. The Morgan fingerprint density at radius 2 is 1.93 bits per heavy atom. The first-order valence-corrected chi connectivity index (χ1v) is 11.2. The van der Waals surface area contributed by atoms with Crippen LogP contribution >= 0.6 is 11.6 Å². The van der Waals surface area contributed by atoms with Crippen LogP contribution in [0.25, 0.3) is 0 Å². The summed E-state index contributed by atoms with van der Waals surface area (Å²) < 4.78 is 17.0. The summed E-state index contributed by atoms with van der Waals surface area (Å²) in [6.07, 6.45) is 1.90. The molecule has 4 rings (SSSR count). The number of ketones is 2. The summed E-state index contributed by atoms with van der Waals surface area (Å²) in [6, 6.07) is 0. The van der Waals surface area contributed by atoms with Crippen LogP contribution in [0.1, 0.15) is 65.7 Å². The van der Waals surface area contributed by atoms with Gasteiger partial charge in [-0.3, -0.25) is 9.59 Å². The second kappa shape index (κ2) is 6.24. The van der Waals surface area contributed by atoms with Gasteiger partial charge in [0.2, 0.25) is 0 Å². The van der Waals surface area contributed by atoms with Gasteiger partial charge in [0, 0.05) is 23.7 Å². The summed E-state index contributed by atoms with van der Waals surface area (Å²) in [6.45, 7) is 5.59. The van der Waals surface area contributed by atoms with E-state index in [4.69, 9.17) is 11.6 Å². The van der Waals surface area contributed by atoms with Crippen LogP contribution in [-0.2, 0) is 9.59 Å². The summed E-state index contributed by atoms with van der Waals surface area (Å²) >= 11 is 5.83. The van der Waals surface area contributed by atoms with Gasteiger partial charge in [-0.25, -0.2) is 4.39 Å². The fraction of sp³-hybridized carbons (Fsp3) is 0.909. The molecule has 4 aliphatic rings. The molecule has 4 saturated carbocycles. The lowest BCUT2D eigenvalue weighted by molar-refractivity contribution is -0.254. The van der Waals surface area contributed by atoms with E-state index in [1.54, 1.807) is 0 Å². The van der Waals surface area contributed by atoms with Gasteiger partial charge in [0.1, 0.15) is 17.1 Å². The van der Waals surface area contributed by atoms with Gasteiger partial charge < -0.3 is 10.2 Å². The highest BCUT2D eigenvalue weighted by Crippen LogP contribution is 2.71. The number of rotatable bonds is 2. The fourth-order valence-electron chi connectivity index (χ4n) is 8.08. The van der Waals surface area contributed by atoms with E-state index in [0.717, 1.165) is 6.42 Å². The number of fused-ring (bicyclic) bond motifs is 5. The lowest BCUT2D eigenvalue weighted by atomic mass is 9.42. The Morgan fingerprint density at radius 1 is 1.25 bits per heavy atom. The Morgan fingerprint density at radius 3 is 2.57 bits per heavy atom. The van der Waals surface area contributed by atoms with Crippen LogP contribution in [0.3, 0.4) is 0 Å². The first-order chi connectivity index (χ1) is 13.0. The second-order valence-electron chi connectivity index (χ2n) is 10.5. The number of aliphatic hydroxyl groups excluding tert-OH is 1. The molecule has 0 heterocycles. The molecular weight excluding hydrogens is 383 g/mol. The molecule has 0 aliphatic heterocycles. The van der Waals surface area contributed by atoms with Crippen LogP contribution in [-0.4, -0.2) is 45.0 Å². The molecule has 0 aromatic rings. The largest absolute Gasteiger partial charge is 0.390 e. The van der Waals surface area contributed by atoms with E-state index < -0.39 is 39.9 Å². The van der Waals surface area contributed by atoms with Gasteiger partial charge in [0.25, 0.3) is 0 Å². The molecule has 28 heavy (non-hydrogen) atoms. The molecule has 0 amide bonds. The van der Waals surface area contributed by atoms with E-state index in [1.807, 2.05) is 20.8 Å². The number of Topliss-reactive ketones (excluding diaryl/α,β-unsaturated/α-hetero) is 2. The standard InChI is InChI=1S/C22H32ClFO4/c1-12-8-16-15-5-4-13-9-14(25)6-7-19(13,2)21(15,24)17(26)10-20(16,3)22(12,28)18(27)11-23/h12-13,15-17,26,28H,4-11H2,1-3H3/t12?,13?,15-,16-,17?,19-,20-,21-,22-/m0/s1. The Balaban J connectivity index is 1.79. The van der Waals surface area contributed by atoms with Crippen molar-refractivity contribution in [2.45, 2.75) is 83.1 Å². The summed E-state index contributed by atoms with van der Waals surface area (Å²) in [7, 11) is 0. The van der Waals surface area contributed by atoms with E-state index >= 15 is 4.39 Å². The maximum atomic E-state index is 17.0. The molecule has 0 aromatic carbocycles. The number of hydrogen-bond donors (Lipinski definition) is 2. The zero-order valence-electron chi connectivity index (χ0n) is 17.0. The number of aliphatic hydroxyl groups is 2. The monoisotopic (exact) mass is 414 g/mol. The van der Waals surface area contributed by atoms with Crippen molar-refractivity contribution in [1.82, 2.24) is 0 Å². The predicted molar refractivity (Wildman–Crippen MR) is 104 cm³/mol. The molecule has 158 valence electrons. The second-order valence-corrected chi connectivity index (χ2v) is 10.8. The van der Waals surface area contributed by atoms with Crippen molar-refractivity contribution in [1.29, 1.82) is 0 Å². The van der Waals surface area contributed by atoms with Crippen molar-refractivity contribution in [3.05, 3.63) is 0 Å². The minimum absolute atomic E-state index is 0.0452. The molecule has 4 fully saturated rings. The van der Waals surface area contributed by atoms with Crippen molar-refractivity contribution in [3.63, 3.8) is 0 Å². The Hall–Kier alpha value is -0.520. The van der Waals surface area contributed by atoms with Crippen LogP contribution in [0, 0.1) is 34.5 Å². The first-order valence-electron chi connectivity index (χ1n) is 10.7. The van der Waals surface area contributed by atoms with Crippen molar-refractivity contribution in [2.75, 3.05) is 5.88 Å². The van der Waals surface area contributed by atoms with Crippen molar-refractivity contribution in [2.24, 2.45) is 34.5 Å². The normalized spacial score (nSPS) is 56.0. The molecule has 0 spiro atoms. The number of halogens is 2. The van der Waals surface area contributed by atoms with Gasteiger partial charge >= 0.3 is 0 Å². The van der Waals surface area contributed by atoms with Gasteiger partial charge in [-0.2, -0.15) is 0 Å². The average molecular weight is 415 g/mol. The zero-order valence-corrected chi connectivity index (χ0v) is 17.8. The van der Waals surface area contributed by atoms with Gasteiger partial charge in [0.05, 0.1) is 12.0 Å². The molecule has 4 nitrogen and oxygen atoms in total. The molecule has 0 radical (unpaired) electrons. The van der Waals surface area contributed by atoms with Crippen LogP contribution in [0.2, 0.25) is 0 Å². The van der Waals surface area contributed by atoms with Crippen LogP contribution in [0.5, 0.6) is 0 Å². The molecule has 4 aliphatic carbocycles. The van der Waals surface area contributed by atoms with E-state index in [0.29, 0.717) is 32.1 Å². The molecule has 9 atom stereocenters. The van der Waals surface area contributed by atoms with Crippen molar-refractivity contribution < 1.29 is 24.2 Å². The Labute approximate surface area is 171 Å². The minimum atomic E-state index is -1.80. The quantitative estimate of drug-likeness (QED) is 0.678. The molecule has 0 bridgehead atoms. The van der Waals surface area contributed by atoms with Gasteiger partial charge in [-0.1, -0.05) is 20.8 Å². The summed E-state index contributed by atoms with van der Waals surface area (Å²) in [5.41, 5.74) is -5.07. The molecule has 3 unspecified atom stereocenters. The van der Waals surface area contributed by atoms with Crippen LogP contribution in [0.15, 0.2) is 0 Å². The number of alkyl halides is 2. The van der Waals surface area contributed by atoms with E-state index in [9.17, 15) is 19.8 Å².